The van der Waals surface area contributed by atoms with Crippen LogP contribution in [0.3, 0.4) is 0 Å². The van der Waals surface area contributed by atoms with Gasteiger partial charge < -0.3 is 14.6 Å². The molecule has 1 saturated carbocycles. The predicted molar refractivity (Wildman–Crippen MR) is 126 cm³/mol. The van der Waals surface area contributed by atoms with Crippen LogP contribution in [0, 0.1) is 30.2 Å². The summed E-state index contributed by atoms with van der Waals surface area (Å²) in [5.41, 5.74) is 2.28. The summed E-state index contributed by atoms with van der Waals surface area (Å²) in [6.07, 6.45) is 5.44. The van der Waals surface area contributed by atoms with E-state index < -0.39 is 17.8 Å². The number of nitrogens with zero attached hydrogens (tertiary/aromatic N) is 4. The van der Waals surface area contributed by atoms with Gasteiger partial charge in [0.1, 0.15) is 5.65 Å². The summed E-state index contributed by atoms with van der Waals surface area (Å²) in [5.74, 6) is 1.53. The maximum Gasteiger partial charge on any atom is 0.308 e. The number of fused-ring (bicyclic) bond motifs is 1. The first-order valence-electron chi connectivity index (χ1n) is 11.9. The quantitative estimate of drug-likeness (QED) is 0.349. The maximum atomic E-state index is 13.5. The van der Waals surface area contributed by atoms with Crippen LogP contribution in [-0.2, 0) is 18.3 Å². The standard InChI is InChI=1S/C26H28F2N4O3/c1-29-19-12-20-22(24(33)32-11-10-18(16-32)25(34)35)21(31(2)23(20)30-15-19)9-7-5-3-4-6-8-17-13-26(27,28)14-17/h12,15,17-18H,3-5,7,9-11,13-14,16H2,2H3,(H,34,35)/t18-/m0/s1. The molecule has 0 radical (unpaired) electrons. The Morgan fingerprint density at radius 2 is 2.09 bits per heavy atom. The number of carbonyl (C=O) groups is 2. The van der Waals surface area contributed by atoms with Crippen LogP contribution < -0.4 is 0 Å². The van der Waals surface area contributed by atoms with E-state index in [2.05, 4.69) is 21.7 Å². The molecule has 2 aromatic heterocycles. The van der Waals surface area contributed by atoms with Crippen molar-refractivity contribution in [3.8, 4) is 11.8 Å². The van der Waals surface area contributed by atoms with E-state index in [0.717, 1.165) is 25.0 Å². The van der Waals surface area contributed by atoms with Gasteiger partial charge in [0.05, 0.1) is 18.1 Å². The van der Waals surface area contributed by atoms with Crippen LogP contribution in [0.25, 0.3) is 15.9 Å². The lowest BCUT2D eigenvalue weighted by atomic mass is 9.82. The number of alkyl halides is 2. The lowest BCUT2D eigenvalue weighted by Crippen LogP contribution is -2.34. The van der Waals surface area contributed by atoms with Gasteiger partial charge in [-0.3, -0.25) is 9.59 Å². The molecule has 7 nitrogen and oxygen atoms in total. The molecule has 35 heavy (non-hydrogen) atoms. The zero-order valence-corrected chi connectivity index (χ0v) is 19.7. The molecule has 0 unspecified atom stereocenters. The molecule has 1 amide bonds. The molecule has 1 N–H and O–H groups in total. The minimum atomic E-state index is -2.54. The number of hydrogen-bond acceptors (Lipinski definition) is 3. The summed E-state index contributed by atoms with van der Waals surface area (Å²) in [6.45, 7) is 7.87. The van der Waals surface area contributed by atoms with Gasteiger partial charge in [-0.25, -0.2) is 18.6 Å². The Morgan fingerprint density at radius 3 is 2.74 bits per heavy atom. The molecule has 1 saturated heterocycles. The third kappa shape index (κ3) is 5.30. The average Bonchev–Trinajstić information content (AvgIpc) is 3.40. The Hall–Kier alpha value is -3.46. The number of likely N-dealkylation sites (tertiary alicyclic amines) is 1. The molecular formula is C26H28F2N4O3. The first kappa shape index (κ1) is 24.7. The number of carbonyl (C=O) groups excluding carboxylic acids is 1. The summed E-state index contributed by atoms with van der Waals surface area (Å²) in [7, 11) is 1.85. The number of aryl methyl sites for hydroxylation is 1. The van der Waals surface area contributed by atoms with Gasteiger partial charge in [-0.1, -0.05) is 12.3 Å². The fourth-order valence-corrected chi connectivity index (χ4v) is 4.91. The van der Waals surface area contributed by atoms with Crippen molar-refractivity contribution in [2.75, 3.05) is 13.1 Å². The molecule has 2 aromatic rings. The molecule has 2 aliphatic rings. The third-order valence-electron chi connectivity index (χ3n) is 6.91. The van der Waals surface area contributed by atoms with Crippen molar-refractivity contribution < 1.29 is 23.5 Å². The Morgan fingerprint density at radius 1 is 1.31 bits per heavy atom. The number of carboxylic acid groups (broad SMARTS) is 1. The average molecular weight is 483 g/mol. The second-order valence-corrected chi connectivity index (χ2v) is 9.48. The van der Waals surface area contributed by atoms with Gasteiger partial charge in [-0.2, -0.15) is 0 Å². The van der Waals surface area contributed by atoms with Crippen molar-refractivity contribution in [1.82, 2.24) is 14.5 Å². The number of pyridine rings is 1. The highest BCUT2D eigenvalue weighted by molar-refractivity contribution is 6.08. The number of halogens is 2. The number of unbranched alkanes of at least 4 members (excludes halogenated alkanes) is 3. The molecular weight excluding hydrogens is 454 g/mol. The first-order valence-corrected chi connectivity index (χ1v) is 11.9. The molecule has 0 bridgehead atoms. The number of rotatable bonds is 7. The number of carboxylic acids is 1. The predicted octanol–water partition coefficient (Wildman–Crippen LogP) is 4.82. The zero-order chi connectivity index (χ0) is 25.2. The van der Waals surface area contributed by atoms with Crippen LogP contribution in [0.5, 0.6) is 0 Å². The van der Waals surface area contributed by atoms with Gasteiger partial charge in [0.25, 0.3) is 11.8 Å². The van der Waals surface area contributed by atoms with Crippen molar-refractivity contribution in [3.63, 3.8) is 0 Å². The van der Waals surface area contributed by atoms with Crippen molar-refractivity contribution >= 4 is 28.6 Å². The van der Waals surface area contributed by atoms with Gasteiger partial charge in [0.15, 0.2) is 0 Å². The highest BCUT2D eigenvalue weighted by Crippen LogP contribution is 2.41. The summed E-state index contributed by atoms with van der Waals surface area (Å²) in [6, 6.07) is 1.68. The molecule has 9 heteroatoms. The second-order valence-electron chi connectivity index (χ2n) is 9.48. The van der Waals surface area contributed by atoms with Gasteiger partial charge in [0, 0.05) is 62.6 Å². The van der Waals surface area contributed by atoms with Crippen molar-refractivity contribution in [1.29, 1.82) is 0 Å². The monoisotopic (exact) mass is 482 g/mol. The Bertz CT molecular complexity index is 1240. The van der Waals surface area contributed by atoms with Crippen LogP contribution in [0.15, 0.2) is 12.3 Å². The first-order chi connectivity index (χ1) is 16.7. The van der Waals surface area contributed by atoms with Gasteiger partial charge in [-0.15, -0.1) is 5.92 Å². The smallest absolute Gasteiger partial charge is 0.308 e. The number of aromatic nitrogens is 2. The number of aliphatic carboxylic acids is 1. The maximum absolute atomic E-state index is 13.5. The van der Waals surface area contributed by atoms with Crippen molar-refractivity contribution in [2.24, 2.45) is 18.9 Å². The molecule has 0 aromatic carbocycles. The van der Waals surface area contributed by atoms with E-state index >= 15 is 0 Å². The van der Waals surface area contributed by atoms with Crippen LogP contribution in [0.2, 0.25) is 0 Å². The van der Waals surface area contributed by atoms with E-state index in [1.807, 2.05) is 11.6 Å². The van der Waals surface area contributed by atoms with E-state index in [-0.39, 0.29) is 31.2 Å². The highest BCUT2D eigenvalue weighted by Gasteiger charge is 2.44. The largest absolute Gasteiger partial charge is 0.481 e. The molecule has 184 valence electrons. The number of hydrogen-bond donors (Lipinski definition) is 1. The van der Waals surface area contributed by atoms with Crippen molar-refractivity contribution in [3.05, 3.63) is 34.9 Å². The van der Waals surface area contributed by atoms with Crippen LogP contribution in [0.1, 0.15) is 61.0 Å². The summed E-state index contributed by atoms with van der Waals surface area (Å²) in [5, 5.41) is 9.94. The van der Waals surface area contributed by atoms with E-state index in [9.17, 15) is 23.5 Å². The molecule has 0 spiro atoms. The lowest BCUT2D eigenvalue weighted by Gasteiger charge is -2.31. The van der Waals surface area contributed by atoms with Gasteiger partial charge in [0.2, 0.25) is 5.69 Å². The Labute approximate surface area is 202 Å². The lowest BCUT2D eigenvalue weighted by molar-refractivity contribution is -0.141. The van der Waals surface area contributed by atoms with Gasteiger partial charge in [-0.05, 0) is 31.7 Å². The zero-order valence-electron chi connectivity index (χ0n) is 19.7. The molecule has 2 fully saturated rings. The molecule has 1 atom stereocenters. The summed E-state index contributed by atoms with van der Waals surface area (Å²) < 4.78 is 27.6. The van der Waals surface area contributed by atoms with Crippen molar-refractivity contribution in [2.45, 2.75) is 57.3 Å². The Kier molecular flexibility index (Phi) is 7.07. The minimum absolute atomic E-state index is 0.134. The fraction of sp³-hybridized carbons (Fsp3) is 0.538. The fourth-order valence-electron chi connectivity index (χ4n) is 4.91. The normalized spacial score (nSPS) is 19.1. The molecule has 4 rings (SSSR count). The molecule has 1 aliphatic heterocycles. The Balaban J connectivity index is 1.45. The minimum Gasteiger partial charge on any atom is -0.481 e. The van der Waals surface area contributed by atoms with E-state index in [1.54, 1.807) is 11.0 Å². The van der Waals surface area contributed by atoms with E-state index in [0.29, 0.717) is 48.1 Å². The summed E-state index contributed by atoms with van der Waals surface area (Å²) in [4.78, 5) is 34.3. The highest BCUT2D eigenvalue weighted by atomic mass is 19.3. The van der Waals surface area contributed by atoms with E-state index in [1.165, 1.54) is 6.20 Å². The molecule has 3 heterocycles. The van der Waals surface area contributed by atoms with E-state index in [4.69, 9.17) is 6.57 Å². The topological polar surface area (TPSA) is 79.8 Å². The van der Waals surface area contributed by atoms with Crippen LogP contribution in [-0.4, -0.2) is 50.4 Å². The number of amides is 1. The third-order valence-corrected chi connectivity index (χ3v) is 6.91. The molecule has 1 aliphatic carbocycles. The van der Waals surface area contributed by atoms with Crippen LogP contribution in [0.4, 0.5) is 14.5 Å². The van der Waals surface area contributed by atoms with Crippen LogP contribution >= 0.6 is 0 Å². The second kappa shape index (κ2) is 10.0. The SMILES string of the molecule is [C-]#[N+]c1cnc2c(c1)c(C(=O)N1CC[C@H](C(=O)O)C1)c(CCCCCC#CC1CC(F)(F)C1)n2C. The van der Waals surface area contributed by atoms with Gasteiger partial charge >= 0.3 is 5.97 Å². The summed E-state index contributed by atoms with van der Waals surface area (Å²) >= 11 is 0.